The van der Waals surface area contributed by atoms with E-state index in [-0.39, 0.29) is 0 Å². The van der Waals surface area contributed by atoms with Crippen molar-refractivity contribution in [2.75, 3.05) is 19.8 Å². The number of hydrogen-bond acceptors (Lipinski definition) is 2. The standard InChI is InChI=1S/C20H32O2/c1-2-8-18-11-13-19(14-12-18)17-21-15-6-7-16-22-20-9-4-3-5-10-20/h3-5,9-10,18-19H,2,6-8,11-17H2,1H3. The second-order valence-corrected chi connectivity index (χ2v) is 6.62. The molecule has 0 bridgehead atoms. The normalized spacial score (nSPS) is 21.7. The van der Waals surface area contributed by atoms with E-state index in [1.807, 2.05) is 30.3 Å². The number of hydrogen-bond donors (Lipinski definition) is 0. The quantitative estimate of drug-likeness (QED) is 0.534. The molecule has 1 fully saturated rings. The SMILES string of the molecule is CCCC1CCC(COCCCCOc2ccccc2)CC1. The van der Waals surface area contributed by atoms with Gasteiger partial charge in [0.1, 0.15) is 5.75 Å². The van der Waals surface area contributed by atoms with Crippen LogP contribution in [-0.4, -0.2) is 19.8 Å². The van der Waals surface area contributed by atoms with Gasteiger partial charge in [-0.05, 0) is 49.7 Å². The maximum atomic E-state index is 5.87. The highest BCUT2D eigenvalue weighted by molar-refractivity contribution is 5.20. The van der Waals surface area contributed by atoms with Gasteiger partial charge in [0, 0.05) is 13.2 Å². The molecule has 0 N–H and O–H groups in total. The van der Waals surface area contributed by atoms with Gasteiger partial charge in [0.05, 0.1) is 6.61 Å². The molecule has 22 heavy (non-hydrogen) atoms. The Labute approximate surface area is 136 Å². The predicted molar refractivity (Wildman–Crippen MR) is 92.3 cm³/mol. The van der Waals surface area contributed by atoms with Gasteiger partial charge in [-0.15, -0.1) is 0 Å². The molecule has 0 spiro atoms. The summed E-state index contributed by atoms with van der Waals surface area (Å²) in [5, 5.41) is 0. The molecule has 0 aromatic heterocycles. The van der Waals surface area contributed by atoms with Gasteiger partial charge >= 0.3 is 0 Å². The van der Waals surface area contributed by atoms with Crippen LogP contribution in [0, 0.1) is 11.8 Å². The van der Waals surface area contributed by atoms with E-state index in [4.69, 9.17) is 9.47 Å². The van der Waals surface area contributed by atoms with Gasteiger partial charge < -0.3 is 9.47 Å². The highest BCUT2D eigenvalue weighted by atomic mass is 16.5. The second kappa shape index (κ2) is 10.7. The van der Waals surface area contributed by atoms with Crippen molar-refractivity contribution in [2.24, 2.45) is 11.8 Å². The van der Waals surface area contributed by atoms with E-state index in [1.165, 1.54) is 38.5 Å². The molecule has 124 valence electrons. The lowest BCUT2D eigenvalue weighted by molar-refractivity contribution is 0.0729. The molecule has 0 radical (unpaired) electrons. The average Bonchev–Trinajstić information content (AvgIpc) is 2.57. The topological polar surface area (TPSA) is 18.5 Å². The lowest BCUT2D eigenvalue weighted by Crippen LogP contribution is -2.19. The maximum Gasteiger partial charge on any atom is 0.119 e. The molecule has 1 aliphatic carbocycles. The fraction of sp³-hybridized carbons (Fsp3) is 0.700. The summed E-state index contributed by atoms with van der Waals surface area (Å²) in [6, 6.07) is 10.0. The molecule has 1 saturated carbocycles. The first-order valence-corrected chi connectivity index (χ1v) is 9.14. The number of benzene rings is 1. The van der Waals surface area contributed by atoms with E-state index in [0.717, 1.165) is 50.2 Å². The molecule has 0 heterocycles. The van der Waals surface area contributed by atoms with Gasteiger partial charge in [0.15, 0.2) is 0 Å². The van der Waals surface area contributed by atoms with Gasteiger partial charge in [0.25, 0.3) is 0 Å². The van der Waals surface area contributed by atoms with Crippen molar-refractivity contribution in [2.45, 2.75) is 58.3 Å². The molecule has 1 aromatic carbocycles. The van der Waals surface area contributed by atoms with E-state index in [0.29, 0.717) is 0 Å². The van der Waals surface area contributed by atoms with Crippen LogP contribution in [0.3, 0.4) is 0 Å². The van der Waals surface area contributed by atoms with Crippen molar-refractivity contribution < 1.29 is 9.47 Å². The van der Waals surface area contributed by atoms with Crippen LogP contribution in [0.1, 0.15) is 58.3 Å². The molecule has 1 aromatic rings. The van der Waals surface area contributed by atoms with E-state index in [2.05, 4.69) is 6.92 Å². The predicted octanol–water partition coefficient (Wildman–Crippen LogP) is 5.47. The molecule has 2 rings (SSSR count). The Hall–Kier alpha value is -1.02. The maximum absolute atomic E-state index is 5.87. The summed E-state index contributed by atoms with van der Waals surface area (Å²) in [6.07, 6.45) is 10.5. The molecule has 1 aliphatic rings. The van der Waals surface area contributed by atoms with Gasteiger partial charge in [-0.1, -0.05) is 50.8 Å². The summed E-state index contributed by atoms with van der Waals surface area (Å²) in [5.41, 5.74) is 0. The van der Waals surface area contributed by atoms with Crippen molar-refractivity contribution >= 4 is 0 Å². The Morgan fingerprint density at radius 1 is 0.909 bits per heavy atom. The zero-order chi connectivity index (χ0) is 15.5. The van der Waals surface area contributed by atoms with Crippen LogP contribution in [0.4, 0.5) is 0 Å². The van der Waals surface area contributed by atoms with E-state index >= 15 is 0 Å². The van der Waals surface area contributed by atoms with E-state index in [9.17, 15) is 0 Å². The van der Waals surface area contributed by atoms with Crippen LogP contribution < -0.4 is 4.74 Å². The summed E-state index contributed by atoms with van der Waals surface area (Å²) in [7, 11) is 0. The zero-order valence-corrected chi connectivity index (χ0v) is 14.1. The molecule has 0 unspecified atom stereocenters. The third kappa shape index (κ3) is 6.83. The Kier molecular flexibility index (Phi) is 8.40. The fourth-order valence-corrected chi connectivity index (χ4v) is 3.36. The first-order chi connectivity index (χ1) is 10.9. The Morgan fingerprint density at radius 2 is 1.59 bits per heavy atom. The van der Waals surface area contributed by atoms with Crippen LogP contribution in [0.15, 0.2) is 30.3 Å². The fourth-order valence-electron chi connectivity index (χ4n) is 3.36. The first-order valence-electron chi connectivity index (χ1n) is 9.14. The molecule has 0 amide bonds. The van der Waals surface area contributed by atoms with Crippen molar-refractivity contribution in [3.05, 3.63) is 30.3 Å². The minimum Gasteiger partial charge on any atom is -0.494 e. The third-order valence-electron chi connectivity index (χ3n) is 4.71. The van der Waals surface area contributed by atoms with Gasteiger partial charge in [0.2, 0.25) is 0 Å². The molecule has 0 atom stereocenters. The minimum atomic E-state index is 0.787. The summed E-state index contributed by atoms with van der Waals surface area (Å²) in [6.45, 7) is 4.94. The lowest BCUT2D eigenvalue weighted by atomic mass is 9.80. The average molecular weight is 304 g/mol. The summed E-state index contributed by atoms with van der Waals surface area (Å²) < 4.78 is 11.5. The van der Waals surface area contributed by atoms with Crippen molar-refractivity contribution in [1.82, 2.24) is 0 Å². The molecule has 0 aliphatic heterocycles. The summed E-state index contributed by atoms with van der Waals surface area (Å²) in [4.78, 5) is 0. The van der Waals surface area contributed by atoms with Gasteiger partial charge in [-0.25, -0.2) is 0 Å². The molecule has 2 nitrogen and oxygen atoms in total. The number of para-hydroxylation sites is 1. The van der Waals surface area contributed by atoms with E-state index in [1.54, 1.807) is 0 Å². The van der Waals surface area contributed by atoms with Gasteiger partial charge in [-0.2, -0.15) is 0 Å². The van der Waals surface area contributed by atoms with Crippen LogP contribution in [0.5, 0.6) is 5.75 Å². The van der Waals surface area contributed by atoms with Crippen molar-refractivity contribution in [1.29, 1.82) is 0 Å². The highest BCUT2D eigenvalue weighted by Crippen LogP contribution is 2.31. The van der Waals surface area contributed by atoms with Crippen LogP contribution in [-0.2, 0) is 4.74 Å². The number of unbranched alkanes of at least 4 members (excludes halogenated alkanes) is 1. The third-order valence-corrected chi connectivity index (χ3v) is 4.71. The zero-order valence-electron chi connectivity index (χ0n) is 14.1. The highest BCUT2D eigenvalue weighted by Gasteiger charge is 2.20. The molecular formula is C20H32O2. The first kappa shape index (κ1) is 17.3. The summed E-state index contributed by atoms with van der Waals surface area (Å²) in [5.74, 6) is 2.78. The molecular weight excluding hydrogens is 272 g/mol. The van der Waals surface area contributed by atoms with Gasteiger partial charge in [-0.3, -0.25) is 0 Å². The Bertz CT molecular complexity index is 369. The van der Waals surface area contributed by atoms with Crippen molar-refractivity contribution in [3.63, 3.8) is 0 Å². The number of rotatable bonds is 10. The van der Waals surface area contributed by atoms with Crippen molar-refractivity contribution in [3.8, 4) is 5.75 Å². The Balaban J connectivity index is 1.42. The number of ether oxygens (including phenoxy) is 2. The van der Waals surface area contributed by atoms with E-state index < -0.39 is 0 Å². The summed E-state index contributed by atoms with van der Waals surface area (Å²) >= 11 is 0. The monoisotopic (exact) mass is 304 g/mol. The molecule has 2 heteroatoms. The Morgan fingerprint density at radius 3 is 2.32 bits per heavy atom. The second-order valence-electron chi connectivity index (χ2n) is 6.62. The van der Waals surface area contributed by atoms with Crippen LogP contribution >= 0.6 is 0 Å². The minimum absolute atomic E-state index is 0.787. The largest absolute Gasteiger partial charge is 0.494 e. The van der Waals surface area contributed by atoms with Crippen LogP contribution in [0.25, 0.3) is 0 Å². The lowest BCUT2D eigenvalue weighted by Gasteiger charge is -2.28. The molecule has 0 saturated heterocycles. The smallest absolute Gasteiger partial charge is 0.119 e. The van der Waals surface area contributed by atoms with Crippen LogP contribution in [0.2, 0.25) is 0 Å².